The Balaban J connectivity index is 1.45. The van der Waals surface area contributed by atoms with Gasteiger partial charge in [0.2, 0.25) is 0 Å². The molecular weight excluding hydrogens is 560 g/mol. The Kier molecular flexibility index (Phi) is 7.47. The lowest BCUT2D eigenvalue weighted by Gasteiger charge is -2.27. The second-order valence-corrected chi connectivity index (χ2v) is 9.83. The lowest BCUT2D eigenvalue weighted by Crippen LogP contribution is -2.54. The third-order valence-electron chi connectivity index (χ3n) is 6.30. The number of halogens is 1. The molecule has 1 aliphatic heterocycles. The summed E-state index contributed by atoms with van der Waals surface area (Å²) in [6.07, 6.45) is 1.44. The molecule has 4 aromatic rings. The van der Waals surface area contributed by atoms with Crippen molar-refractivity contribution >= 4 is 56.3 Å². The van der Waals surface area contributed by atoms with Crippen LogP contribution in [0.15, 0.2) is 88.9 Å². The van der Waals surface area contributed by atoms with Gasteiger partial charge in [0.05, 0.1) is 16.8 Å². The Morgan fingerprint density at radius 1 is 0.897 bits per heavy atom. The molecular formula is C31H25BrN2O5. The second-order valence-electron chi connectivity index (χ2n) is 8.98. The Morgan fingerprint density at radius 3 is 2.41 bits per heavy atom. The Hall–Kier alpha value is -4.43. The van der Waals surface area contributed by atoms with Gasteiger partial charge >= 0.3 is 6.03 Å². The maximum atomic E-state index is 13.3. The molecule has 39 heavy (non-hydrogen) atoms. The van der Waals surface area contributed by atoms with Crippen molar-refractivity contribution in [1.29, 1.82) is 0 Å². The number of benzene rings is 4. The monoisotopic (exact) mass is 584 g/mol. The van der Waals surface area contributed by atoms with E-state index in [4.69, 9.17) is 9.47 Å². The summed E-state index contributed by atoms with van der Waals surface area (Å²) < 4.78 is 12.6. The maximum Gasteiger partial charge on any atom is 0.335 e. The highest BCUT2D eigenvalue weighted by Crippen LogP contribution is 2.38. The van der Waals surface area contributed by atoms with E-state index in [0.29, 0.717) is 40.4 Å². The molecule has 1 fully saturated rings. The van der Waals surface area contributed by atoms with Crippen molar-refractivity contribution < 1.29 is 23.9 Å². The highest BCUT2D eigenvalue weighted by atomic mass is 79.9. The van der Waals surface area contributed by atoms with Crippen molar-refractivity contribution in [2.75, 3.05) is 11.5 Å². The van der Waals surface area contributed by atoms with Crippen LogP contribution in [0.3, 0.4) is 0 Å². The number of hydrogen-bond acceptors (Lipinski definition) is 5. The smallest absolute Gasteiger partial charge is 0.335 e. The van der Waals surface area contributed by atoms with Crippen LogP contribution in [-0.4, -0.2) is 24.5 Å². The number of imide groups is 2. The Morgan fingerprint density at radius 2 is 1.64 bits per heavy atom. The quantitative estimate of drug-likeness (QED) is 0.196. The first-order chi connectivity index (χ1) is 18.9. The first kappa shape index (κ1) is 26.2. The predicted molar refractivity (Wildman–Crippen MR) is 154 cm³/mol. The average molecular weight is 585 g/mol. The summed E-state index contributed by atoms with van der Waals surface area (Å²) in [5, 5.41) is 4.54. The first-order valence-corrected chi connectivity index (χ1v) is 13.2. The van der Waals surface area contributed by atoms with Gasteiger partial charge < -0.3 is 9.47 Å². The molecule has 0 aromatic heterocycles. The molecule has 8 heteroatoms. The van der Waals surface area contributed by atoms with Gasteiger partial charge in [0.1, 0.15) is 12.2 Å². The lowest BCUT2D eigenvalue weighted by molar-refractivity contribution is -0.122. The lowest BCUT2D eigenvalue weighted by atomic mass is 10.1. The number of amides is 4. The molecule has 4 aromatic carbocycles. The highest BCUT2D eigenvalue weighted by molar-refractivity contribution is 9.10. The van der Waals surface area contributed by atoms with Crippen LogP contribution in [0.1, 0.15) is 23.6 Å². The van der Waals surface area contributed by atoms with Crippen molar-refractivity contribution in [3.63, 3.8) is 0 Å². The van der Waals surface area contributed by atoms with Crippen molar-refractivity contribution in [1.82, 2.24) is 5.32 Å². The van der Waals surface area contributed by atoms with Gasteiger partial charge in [-0.3, -0.25) is 14.9 Å². The summed E-state index contributed by atoms with van der Waals surface area (Å²) in [6, 6.07) is 23.9. The molecule has 0 bridgehead atoms. The fraction of sp³-hybridized carbons (Fsp3) is 0.129. The minimum absolute atomic E-state index is 0.169. The number of carbonyl (C=O) groups is 3. The molecule has 0 atom stereocenters. The summed E-state index contributed by atoms with van der Waals surface area (Å²) in [5.74, 6) is -0.511. The molecule has 5 rings (SSSR count). The van der Waals surface area contributed by atoms with Crippen molar-refractivity contribution in [2.24, 2.45) is 0 Å². The number of para-hydroxylation sites is 1. The van der Waals surface area contributed by atoms with Crippen LogP contribution in [0.25, 0.3) is 16.8 Å². The largest absolute Gasteiger partial charge is 0.490 e. The van der Waals surface area contributed by atoms with Crippen LogP contribution in [0.2, 0.25) is 0 Å². The summed E-state index contributed by atoms with van der Waals surface area (Å²) in [4.78, 5) is 39.5. The van der Waals surface area contributed by atoms with Crippen LogP contribution >= 0.6 is 15.9 Å². The van der Waals surface area contributed by atoms with E-state index < -0.39 is 17.8 Å². The van der Waals surface area contributed by atoms with Crippen LogP contribution in [0.4, 0.5) is 10.5 Å². The number of barbiturate groups is 1. The van der Waals surface area contributed by atoms with Gasteiger partial charge in [0.25, 0.3) is 11.8 Å². The molecule has 1 heterocycles. The van der Waals surface area contributed by atoms with E-state index in [1.807, 2.05) is 31.2 Å². The number of rotatable bonds is 7. The molecule has 0 spiro atoms. The normalized spacial score (nSPS) is 14.6. The van der Waals surface area contributed by atoms with E-state index in [1.165, 1.54) is 6.08 Å². The minimum atomic E-state index is -0.787. The highest BCUT2D eigenvalue weighted by Gasteiger charge is 2.37. The average Bonchev–Trinajstić information content (AvgIpc) is 2.91. The molecule has 0 aliphatic carbocycles. The van der Waals surface area contributed by atoms with Gasteiger partial charge in [0, 0.05) is 0 Å². The number of urea groups is 1. The van der Waals surface area contributed by atoms with Gasteiger partial charge in [-0.1, -0.05) is 54.6 Å². The fourth-order valence-electron chi connectivity index (χ4n) is 4.42. The Bertz CT molecular complexity index is 1650. The maximum absolute atomic E-state index is 13.3. The molecule has 0 saturated carbocycles. The van der Waals surface area contributed by atoms with Crippen LogP contribution in [0, 0.1) is 6.92 Å². The first-order valence-electron chi connectivity index (χ1n) is 12.4. The zero-order valence-electron chi connectivity index (χ0n) is 21.4. The molecule has 7 nitrogen and oxygen atoms in total. The summed E-state index contributed by atoms with van der Waals surface area (Å²) in [7, 11) is 0. The van der Waals surface area contributed by atoms with Crippen molar-refractivity contribution in [3.8, 4) is 11.5 Å². The SMILES string of the molecule is CCOc1cc(/C=C2\C(=O)NC(=O)N(c3ccccc3C)C2=O)cc(Br)c1OCc1ccc2ccccc2c1. The second kappa shape index (κ2) is 11.1. The molecule has 1 saturated heterocycles. The van der Waals surface area contributed by atoms with Gasteiger partial charge in [-0.05, 0) is 87.6 Å². The molecule has 1 aliphatic rings. The van der Waals surface area contributed by atoms with Crippen LogP contribution in [-0.2, 0) is 16.2 Å². The van der Waals surface area contributed by atoms with E-state index in [9.17, 15) is 14.4 Å². The van der Waals surface area contributed by atoms with Gasteiger partial charge in [0.15, 0.2) is 11.5 Å². The van der Waals surface area contributed by atoms with Crippen LogP contribution < -0.4 is 19.7 Å². The predicted octanol–water partition coefficient (Wildman–Crippen LogP) is 6.55. The summed E-state index contributed by atoms with van der Waals surface area (Å²) in [6.45, 7) is 4.35. The molecule has 0 radical (unpaired) electrons. The number of ether oxygens (including phenoxy) is 2. The van der Waals surface area contributed by atoms with E-state index >= 15 is 0 Å². The number of anilines is 1. The number of hydrogen-bond donors (Lipinski definition) is 1. The minimum Gasteiger partial charge on any atom is -0.490 e. The molecule has 4 amide bonds. The zero-order valence-corrected chi connectivity index (χ0v) is 22.9. The Labute approximate surface area is 234 Å². The number of nitrogens with one attached hydrogen (secondary N) is 1. The number of nitrogens with zero attached hydrogens (tertiary/aromatic N) is 1. The van der Waals surface area contributed by atoms with E-state index in [0.717, 1.165) is 26.8 Å². The van der Waals surface area contributed by atoms with Crippen molar-refractivity contribution in [3.05, 3.63) is 106 Å². The topological polar surface area (TPSA) is 84.9 Å². The van der Waals surface area contributed by atoms with Crippen molar-refractivity contribution in [2.45, 2.75) is 20.5 Å². The number of carbonyl (C=O) groups excluding carboxylic acids is 3. The molecule has 196 valence electrons. The fourth-order valence-corrected chi connectivity index (χ4v) is 4.99. The van der Waals surface area contributed by atoms with Gasteiger partial charge in [-0.15, -0.1) is 0 Å². The van der Waals surface area contributed by atoms with Crippen LogP contribution in [0.5, 0.6) is 11.5 Å². The number of aryl methyl sites for hydroxylation is 1. The molecule has 0 unspecified atom stereocenters. The standard InChI is InChI=1S/C31H25BrN2O5/c1-3-38-27-17-21(15-24-29(35)33-31(37)34(30(24)36)26-11-7-4-8-19(26)2)16-25(32)28(27)39-18-20-12-13-22-9-5-6-10-23(22)14-20/h4-17H,3,18H2,1-2H3,(H,33,35,37)/b24-15+. The van der Waals surface area contributed by atoms with E-state index in [2.05, 4.69) is 45.5 Å². The van der Waals surface area contributed by atoms with E-state index in [-0.39, 0.29) is 5.57 Å². The third-order valence-corrected chi connectivity index (χ3v) is 6.89. The molecule has 1 N–H and O–H groups in total. The van der Waals surface area contributed by atoms with Gasteiger partial charge in [-0.25, -0.2) is 9.69 Å². The number of fused-ring (bicyclic) bond motifs is 1. The summed E-state index contributed by atoms with van der Waals surface area (Å²) >= 11 is 3.56. The zero-order chi connectivity index (χ0) is 27.5. The van der Waals surface area contributed by atoms with Gasteiger partial charge in [-0.2, -0.15) is 0 Å². The third kappa shape index (κ3) is 5.42. The van der Waals surface area contributed by atoms with E-state index in [1.54, 1.807) is 37.3 Å². The summed E-state index contributed by atoms with van der Waals surface area (Å²) in [5.41, 5.74) is 2.49.